The molecule has 0 spiro atoms. The molecule has 22 heavy (non-hydrogen) atoms. The number of alkyl halides is 3. The maximum absolute atomic E-state index is 12.8. The number of rotatable bonds is 4. The van der Waals surface area contributed by atoms with E-state index < -0.39 is 11.7 Å². The summed E-state index contributed by atoms with van der Waals surface area (Å²) in [5, 5.41) is 7.84. The first-order chi connectivity index (χ1) is 10.2. The SMILES string of the molecule is C=C/C=C(\C=C)C(N)=NC(=N)c1cc(C)cc(C(F)(F)F)c1. The Kier molecular flexibility index (Phi) is 5.45. The van der Waals surface area contributed by atoms with E-state index in [1.807, 2.05) is 0 Å². The van der Waals surface area contributed by atoms with Crippen LogP contribution in [0.5, 0.6) is 0 Å². The van der Waals surface area contributed by atoms with E-state index in [0.717, 1.165) is 12.1 Å². The van der Waals surface area contributed by atoms with Gasteiger partial charge in [0.2, 0.25) is 0 Å². The second-order valence-corrected chi connectivity index (χ2v) is 4.49. The van der Waals surface area contributed by atoms with Gasteiger partial charge in [0.05, 0.1) is 5.56 Å². The van der Waals surface area contributed by atoms with Crippen LogP contribution in [0.4, 0.5) is 13.2 Å². The molecule has 116 valence electrons. The van der Waals surface area contributed by atoms with Crippen LogP contribution in [-0.4, -0.2) is 11.7 Å². The van der Waals surface area contributed by atoms with E-state index in [1.54, 1.807) is 0 Å². The highest BCUT2D eigenvalue weighted by atomic mass is 19.4. The first-order valence-electron chi connectivity index (χ1n) is 6.26. The number of aliphatic imine (C=N–C) groups is 1. The zero-order valence-electron chi connectivity index (χ0n) is 12.0. The minimum absolute atomic E-state index is 0.0186. The number of nitrogens with one attached hydrogen (secondary N) is 1. The summed E-state index contributed by atoms with van der Waals surface area (Å²) < 4.78 is 38.4. The molecule has 0 radical (unpaired) electrons. The Morgan fingerprint density at radius 1 is 1.27 bits per heavy atom. The van der Waals surface area contributed by atoms with Crippen molar-refractivity contribution in [3.8, 4) is 0 Å². The molecule has 1 rings (SSSR count). The van der Waals surface area contributed by atoms with Gasteiger partial charge in [-0.3, -0.25) is 5.41 Å². The van der Waals surface area contributed by atoms with Gasteiger partial charge in [-0.15, -0.1) is 0 Å². The zero-order valence-corrected chi connectivity index (χ0v) is 12.0. The van der Waals surface area contributed by atoms with Crippen LogP contribution >= 0.6 is 0 Å². The van der Waals surface area contributed by atoms with Gasteiger partial charge in [0.25, 0.3) is 0 Å². The smallest absolute Gasteiger partial charge is 0.383 e. The fraction of sp³-hybridized carbons (Fsp3) is 0.125. The highest BCUT2D eigenvalue weighted by Crippen LogP contribution is 2.30. The summed E-state index contributed by atoms with van der Waals surface area (Å²) in [5.41, 5.74) is 5.74. The molecule has 0 heterocycles. The fourth-order valence-corrected chi connectivity index (χ4v) is 1.72. The van der Waals surface area contributed by atoms with Gasteiger partial charge in [-0.2, -0.15) is 13.2 Å². The molecule has 0 aliphatic rings. The van der Waals surface area contributed by atoms with Crippen molar-refractivity contribution < 1.29 is 13.2 Å². The molecular formula is C16H16F3N3. The summed E-state index contributed by atoms with van der Waals surface area (Å²) in [6.07, 6.45) is -0.0511. The molecule has 0 saturated heterocycles. The Hall–Kier alpha value is -2.63. The third-order valence-electron chi connectivity index (χ3n) is 2.72. The number of allylic oxidation sites excluding steroid dienone is 2. The van der Waals surface area contributed by atoms with Crippen LogP contribution < -0.4 is 5.73 Å². The summed E-state index contributed by atoms with van der Waals surface area (Å²) in [6, 6.07) is 3.33. The molecule has 6 heteroatoms. The number of hydrogen-bond donors (Lipinski definition) is 2. The average molecular weight is 307 g/mol. The maximum atomic E-state index is 12.8. The number of hydrogen-bond acceptors (Lipinski definition) is 1. The van der Waals surface area contributed by atoms with Crippen molar-refractivity contribution in [1.82, 2.24) is 0 Å². The third kappa shape index (κ3) is 4.44. The maximum Gasteiger partial charge on any atom is 0.416 e. The van der Waals surface area contributed by atoms with Gasteiger partial charge >= 0.3 is 6.18 Å². The van der Waals surface area contributed by atoms with Gasteiger partial charge in [-0.1, -0.05) is 31.4 Å². The predicted molar refractivity (Wildman–Crippen MR) is 83.1 cm³/mol. The molecule has 0 unspecified atom stereocenters. The number of amidine groups is 2. The number of benzene rings is 1. The van der Waals surface area contributed by atoms with Gasteiger partial charge < -0.3 is 5.73 Å². The molecule has 3 N–H and O–H groups in total. The molecule has 0 bridgehead atoms. The normalized spacial score (nSPS) is 12.9. The molecule has 1 aromatic rings. The molecule has 0 amide bonds. The molecule has 0 atom stereocenters. The van der Waals surface area contributed by atoms with Crippen LogP contribution in [0.2, 0.25) is 0 Å². The lowest BCUT2D eigenvalue weighted by atomic mass is 10.1. The number of aryl methyl sites for hydroxylation is 1. The summed E-state index contributed by atoms with van der Waals surface area (Å²) in [7, 11) is 0. The van der Waals surface area contributed by atoms with Gasteiger partial charge in [-0.05, 0) is 30.7 Å². The first kappa shape index (κ1) is 17.4. The summed E-state index contributed by atoms with van der Waals surface area (Å²) >= 11 is 0. The van der Waals surface area contributed by atoms with E-state index in [1.165, 1.54) is 31.2 Å². The molecule has 3 nitrogen and oxygen atoms in total. The van der Waals surface area contributed by atoms with Crippen LogP contribution in [0, 0.1) is 12.3 Å². The van der Waals surface area contributed by atoms with Crippen molar-refractivity contribution in [3.05, 3.63) is 71.8 Å². The Labute approximate surface area is 126 Å². The highest BCUT2D eigenvalue weighted by Gasteiger charge is 2.31. The standard InChI is InChI=1S/C16H16F3N3/c1-4-6-11(5-2)14(20)22-15(21)12-7-10(3)8-13(9-12)16(17,18)19/h4-9H,1-2H2,3H3,(H3,20,21,22)/b11-6+. The van der Waals surface area contributed by atoms with E-state index in [4.69, 9.17) is 11.1 Å². The van der Waals surface area contributed by atoms with E-state index in [2.05, 4.69) is 18.2 Å². The van der Waals surface area contributed by atoms with Crippen molar-refractivity contribution in [3.63, 3.8) is 0 Å². The lowest BCUT2D eigenvalue weighted by Gasteiger charge is -2.10. The highest BCUT2D eigenvalue weighted by molar-refractivity contribution is 6.10. The number of nitrogens with zero attached hydrogens (tertiary/aromatic N) is 1. The zero-order chi connectivity index (χ0) is 16.9. The van der Waals surface area contributed by atoms with Crippen molar-refractivity contribution in [2.45, 2.75) is 13.1 Å². The summed E-state index contributed by atoms with van der Waals surface area (Å²) in [6.45, 7) is 8.57. The molecule has 0 aromatic heterocycles. The lowest BCUT2D eigenvalue weighted by molar-refractivity contribution is -0.137. The minimum Gasteiger partial charge on any atom is -0.383 e. The van der Waals surface area contributed by atoms with Crippen LogP contribution in [0.25, 0.3) is 0 Å². The topological polar surface area (TPSA) is 62.2 Å². The van der Waals surface area contributed by atoms with Gasteiger partial charge in [-0.25, -0.2) is 4.99 Å². The van der Waals surface area contributed by atoms with Crippen molar-refractivity contribution in [2.24, 2.45) is 10.7 Å². The second-order valence-electron chi connectivity index (χ2n) is 4.49. The van der Waals surface area contributed by atoms with E-state index in [0.29, 0.717) is 11.1 Å². The van der Waals surface area contributed by atoms with Gasteiger partial charge in [0, 0.05) is 11.1 Å². The fourth-order valence-electron chi connectivity index (χ4n) is 1.72. The Morgan fingerprint density at radius 3 is 2.41 bits per heavy atom. The largest absolute Gasteiger partial charge is 0.416 e. The lowest BCUT2D eigenvalue weighted by Crippen LogP contribution is -2.16. The molecule has 0 saturated carbocycles. The number of halogens is 3. The Bertz CT molecular complexity index is 668. The van der Waals surface area contributed by atoms with Gasteiger partial charge in [0.1, 0.15) is 5.84 Å². The second kappa shape index (κ2) is 6.89. The molecule has 1 aromatic carbocycles. The predicted octanol–water partition coefficient (Wildman–Crippen LogP) is 3.99. The quantitative estimate of drug-likeness (QED) is 0.493. The van der Waals surface area contributed by atoms with E-state index in [9.17, 15) is 13.2 Å². The van der Waals surface area contributed by atoms with Crippen molar-refractivity contribution >= 4 is 11.7 Å². The summed E-state index contributed by atoms with van der Waals surface area (Å²) in [4.78, 5) is 3.82. The van der Waals surface area contributed by atoms with Crippen LogP contribution in [-0.2, 0) is 6.18 Å². The monoisotopic (exact) mass is 307 g/mol. The third-order valence-corrected chi connectivity index (χ3v) is 2.72. The number of nitrogens with two attached hydrogens (primary N) is 1. The molecular weight excluding hydrogens is 291 g/mol. The molecule has 0 aliphatic carbocycles. The Balaban J connectivity index is 3.24. The van der Waals surface area contributed by atoms with Crippen molar-refractivity contribution in [1.29, 1.82) is 5.41 Å². The first-order valence-corrected chi connectivity index (χ1v) is 6.26. The molecule has 0 fully saturated rings. The Morgan fingerprint density at radius 2 is 1.91 bits per heavy atom. The minimum atomic E-state index is -4.48. The van der Waals surface area contributed by atoms with Crippen LogP contribution in [0.3, 0.4) is 0 Å². The van der Waals surface area contributed by atoms with Gasteiger partial charge in [0.15, 0.2) is 5.84 Å². The van der Waals surface area contributed by atoms with Crippen LogP contribution in [0.1, 0.15) is 16.7 Å². The summed E-state index contributed by atoms with van der Waals surface area (Å²) in [5.74, 6) is -0.376. The van der Waals surface area contributed by atoms with Crippen molar-refractivity contribution in [2.75, 3.05) is 0 Å². The molecule has 0 aliphatic heterocycles. The van der Waals surface area contributed by atoms with E-state index in [-0.39, 0.29) is 17.2 Å². The van der Waals surface area contributed by atoms with Crippen LogP contribution in [0.15, 0.2) is 60.2 Å². The average Bonchev–Trinajstić information content (AvgIpc) is 2.42. The van der Waals surface area contributed by atoms with E-state index >= 15 is 0 Å².